The first kappa shape index (κ1) is 20.3. The lowest BCUT2D eigenvalue weighted by Gasteiger charge is -2.12. The molecule has 1 aliphatic rings. The van der Waals surface area contributed by atoms with E-state index in [-0.39, 0.29) is 23.0 Å². The summed E-state index contributed by atoms with van der Waals surface area (Å²) in [6.07, 6.45) is 3.89. The van der Waals surface area contributed by atoms with Gasteiger partial charge in [0.2, 0.25) is 0 Å². The normalized spacial score (nSPS) is 13.5. The van der Waals surface area contributed by atoms with Gasteiger partial charge in [-0.3, -0.25) is 14.9 Å². The zero-order valence-corrected chi connectivity index (χ0v) is 15.9. The lowest BCUT2D eigenvalue weighted by molar-refractivity contribution is -0.123. The fourth-order valence-electron chi connectivity index (χ4n) is 3.27. The second-order valence-corrected chi connectivity index (χ2v) is 6.82. The molecule has 2 N–H and O–H groups in total. The summed E-state index contributed by atoms with van der Waals surface area (Å²) in [5.74, 6) is -1.87. The zero-order chi connectivity index (χ0) is 20.6. The number of carbonyl (C=O) groups excluding carboxylic acids is 4. The van der Waals surface area contributed by atoms with E-state index >= 15 is 0 Å². The van der Waals surface area contributed by atoms with Crippen LogP contribution in [0.4, 0.5) is 4.79 Å². The fraction of sp³-hybridized carbons (Fsp3) is 0.273. The van der Waals surface area contributed by atoms with E-state index in [4.69, 9.17) is 4.74 Å². The highest BCUT2D eigenvalue weighted by Crippen LogP contribution is 2.17. The molecule has 1 aliphatic carbocycles. The second-order valence-electron chi connectivity index (χ2n) is 6.82. The maximum absolute atomic E-state index is 12.7. The van der Waals surface area contributed by atoms with Crippen molar-refractivity contribution in [3.8, 4) is 0 Å². The average molecular weight is 394 g/mol. The number of benzene rings is 2. The number of esters is 1. The minimum absolute atomic E-state index is 0.0598. The molecule has 0 unspecified atom stereocenters. The molecule has 0 radical (unpaired) electrons. The predicted octanol–water partition coefficient (Wildman–Crippen LogP) is 2.84. The molecule has 1 saturated carbocycles. The average Bonchev–Trinajstić information content (AvgIpc) is 3.25. The fourth-order valence-corrected chi connectivity index (χ4v) is 3.27. The summed E-state index contributed by atoms with van der Waals surface area (Å²) in [7, 11) is 0. The van der Waals surface area contributed by atoms with Crippen molar-refractivity contribution in [2.24, 2.45) is 0 Å². The van der Waals surface area contributed by atoms with E-state index in [1.165, 1.54) is 12.1 Å². The summed E-state index contributed by atoms with van der Waals surface area (Å²) in [4.78, 5) is 48.8. The van der Waals surface area contributed by atoms with Crippen LogP contribution in [0.25, 0.3) is 0 Å². The highest BCUT2D eigenvalue weighted by molar-refractivity contribution is 6.14. The van der Waals surface area contributed by atoms with E-state index in [2.05, 4.69) is 10.6 Å². The molecule has 7 nitrogen and oxygen atoms in total. The van der Waals surface area contributed by atoms with Gasteiger partial charge in [0.05, 0.1) is 5.56 Å². The molecule has 7 heteroatoms. The molecule has 2 aromatic carbocycles. The van der Waals surface area contributed by atoms with Crippen LogP contribution in [0.1, 0.15) is 52.0 Å². The Kier molecular flexibility index (Phi) is 6.73. The molecular formula is C22H22N2O5. The van der Waals surface area contributed by atoms with E-state index in [0.717, 1.165) is 25.7 Å². The lowest BCUT2D eigenvalue weighted by Crippen LogP contribution is -2.45. The van der Waals surface area contributed by atoms with Gasteiger partial charge in [-0.15, -0.1) is 0 Å². The van der Waals surface area contributed by atoms with E-state index in [1.807, 2.05) is 0 Å². The molecule has 0 heterocycles. The van der Waals surface area contributed by atoms with E-state index < -0.39 is 24.5 Å². The highest BCUT2D eigenvalue weighted by Gasteiger charge is 2.21. The Bertz CT molecular complexity index is 904. The first-order valence-electron chi connectivity index (χ1n) is 9.51. The van der Waals surface area contributed by atoms with Crippen molar-refractivity contribution in [3.63, 3.8) is 0 Å². The van der Waals surface area contributed by atoms with Crippen molar-refractivity contribution in [1.82, 2.24) is 10.6 Å². The van der Waals surface area contributed by atoms with Crippen molar-refractivity contribution < 1.29 is 23.9 Å². The van der Waals surface area contributed by atoms with Crippen molar-refractivity contribution >= 4 is 23.7 Å². The van der Waals surface area contributed by atoms with Crippen LogP contribution in [-0.4, -0.2) is 36.3 Å². The van der Waals surface area contributed by atoms with Gasteiger partial charge >= 0.3 is 12.0 Å². The second kappa shape index (κ2) is 9.64. The van der Waals surface area contributed by atoms with Crippen LogP contribution < -0.4 is 10.6 Å². The van der Waals surface area contributed by atoms with Gasteiger partial charge in [-0.1, -0.05) is 61.4 Å². The summed E-state index contributed by atoms with van der Waals surface area (Å²) < 4.78 is 5.00. The highest BCUT2D eigenvalue weighted by atomic mass is 16.5. The Balaban J connectivity index is 1.57. The Hall–Kier alpha value is -3.48. The largest absolute Gasteiger partial charge is 0.452 e. The van der Waals surface area contributed by atoms with Crippen molar-refractivity contribution in [1.29, 1.82) is 0 Å². The zero-order valence-electron chi connectivity index (χ0n) is 15.9. The Morgan fingerprint density at radius 1 is 0.862 bits per heavy atom. The third-order valence-corrected chi connectivity index (χ3v) is 4.71. The first-order chi connectivity index (χ1) is 14.0. The number of ether oxygens (including phenoxy) is 1. The summed E-state index contributed by atoms with van der Waals surface area (Å²) in [5, 5.41) is 4.86. The number of ketones is 1. The van der Waals surface area contributed by atoms with Crippen molar-refractivity contribution in [2.45, 2.75) is 31.7 Å². The number of carbonyl (C=O) groups is 4. The van der Waals surface area contributed by atoms with Gasteiger partial charge in [-0.05, 0) is 18.9 Å². The van der Waals surface area contributed by atoms with Crippen LogP contribution in [0.2, 0.25) is 0 Å². The Labute approximate surface area is 168 Å². The topological polar surface area (TPSA) is 102 Å². The molecule has 1 fully saturated rings. The molecule has 0 bridgehead atoms. The molecule has 0 aliphatic heterocycles. The van der Waals surface area contributed by atoms with E-state index in [9.17, 15) is 19.2 Å². The number of hydrogen-bond donors (Lipinski definition) is 2. The van der Waals surface area contributed by atoms with Gasteiger partial charge in [0.15, 0.2) is 12.4 Å². The lowest BCUT2D eigenvalue weighted by atomic mass is 9.98. The van der Waals surface area contributed by atoms with Gasteiger partial charge in [-0.25, -0.2) is 9.59 Å². The van der Waals surface area contributed by atoms with Crippen LogP contribution in [-0.2, 0) is 9.53 Å². The summed E-state index contributed by atoms with van der Waals surface area (Å²) in [5.41, 5.74) is 0.682. The smallest absolute Gasteiger partial charge is 0.339 e. The van der Waals surface area contributed by atoms with Crippen LogP contribution in [0.3, 0.4) is 0 Å². The third-order valence-electron chi connectivity index (χ3n) is 4.71. The molecule has 2 aromatic rings. The van der Waals surface area contributed by atoms with Gasteiger partial charge in [0.1, 0.15) is 0 Å². The number of hydrogen-bond acceptors (Lipinski definition) is 5. The quantitative estimate of drug-likeness (QED) is 0.579. The molecule has 150 valence electrons. The maximum atomic E-state index is 12.7. The monoisotopic (exact) mass is 394 g/mol. The van der Waals surface area contributed by atoms with Crippen LogP contribution in [0, 0.1) is 0 Å². The SMILES string of the molecule is O=C(COC(=O)c1ccccc1C(=O)c1ccccc1)NC(=O)NC1CCCC1. The molecular weight excluding hydrogens is 372 g/mol. The number of nitrogens with one attached hydrogen (secondary N) is 2. The van der Waals surface area contributed by atoms with Gasteiger partial charge in [0, 0.05) is 17.2 Å². The standard InChI is InChI=1S/C22H22N2O5/c25-19(24-22(28)23-16-10-4-5-11-16)14-29-21(27)18-13-7-6-12-17(18)20(26)15-8-2-1-3-9-15/h1-3,6-9,12-13,16H,4-5,10-11,14H2,(H2,23,24,25,28). The molecule has 0 spiro atoms. The van der Waals surface area contributed by atoms with E-state index in [1.54, 1.807) is 42.5 Å². The molecule has 0 saturated heterocycles. The van der Waals surface area contributed by atoms with Crippen LogP contribution in [0.15, 0.2) is 54.6 Å². The predicted molar refractivity (Wildman–Crippen MR) is 106 cm³/mol. The summed E-state index contributed by atoms with van der Waals surface area (Å²) in [6.45, 7) is -0.620. The van der Waals surface area contributed by atoms with Gasteiger partial charge < -0.3 is 10.1 Å². The molecule has 3 rings (SSSR count). The Morgan fingerprint density at radius 3 is 2.17 bits per heavy atom. The summed E-state index contributed by atoms with van der Waals surface area (Å²) >= 11 is 0. The number of rotatable bonds is 6. The van der Waals surface area contributed by atoms with Crippen LogP contribution >= 0.6 is 0 Å². The number of imide groups is 1. The minimum Gasteiger partial charge on any atom is -0.452 e. The molecule has 29 heavy (non-hydrogen) atoms. The number of urea groups is 1. The molecule has 0 aromatic heterocycles. The van der Waals surface area contributed by atoms with Gasteiger partial charge in [0.25, 0.3) is 5.91 Å². The Morgan fingerprint density at radius 2 is 1.48 bits per heavy atom. The van der Waals surface area contributed by atoms with Gasteiger partial charge in [-0.2, -0.15) is 0 Å². The third kappa shape index (κ3) is 5.51. The van der Waals surface area contributed by atoms with Crippen molar-refractivity contribution in [3.05, 3.63) is 71.3 Å². The number of amides is 3. The van der Waals surface area contributed by atoms with Crippen LogP contribution in [0.5, 0.6) is 0 Å². The molecule has 0 atom stereocenters. The minimum atomic E-state index is -0.809. The first-order valence-corrected chi connectivity index (χ1v) is 9.51. The van der Waals surface area contributed by atoms with Crippen molar-refractivity contribution in [2.75, 3.05) is 6.61 Å². The molecule has 3 amide bonds. The maximum Gasteiger partial charge on any atom is 0.339 e. The van der Waals surface area contributed by atoms with E-state index in [0.29, 0.717) is 5.56 Å². The summed E-state index contributed by atoms with van der Waals surface area (Å²) in [6, 6.07) is 14.3.